The molecule has 0 unspecified atom stereocenters. The number of nitrogen functional groups attached to an aromatic ring is 1. The first kappa shape index (κ1) is 29.1. The molecule has 6 rings (SSSR count). The summed E-state index contributed by atoms with van der Waals surface area (Å²) in [5.74, 6) is 0.380. The van der Waals surface area contributed by atoms with Crippen LogP contribution >= 0.6 is 11.6 Å². The average molecular weight is 622 g/mol. The Morgan fingerprint density at radius 3 is 2.47 bits per heavy atom. The molecule has 2 N–H and O–H groups in total. The summed E-state index contributed by atoms with van der Waals surface area (Å²) in [6.07, 6.45) is 3.70. The van der Waals surface area contributed by atoms with Gasteiger partial charge in [0.15, 0.2) is 0 Å². The van der Waals surface area contributed by atoms with Crippen LogP contribution in [0.15, 0.2) is 71.7 Å². The summed E-state index contributed by atoms with van der Waals surface area (Å²) in [4.78, 5) is 15.6. The topological polar surface area (TPSA) is 137 Å². The summed E-state index contributed by atoms with van der Waals surface area (Å²) in [6.45, 7) is 3.85. The first-order valence-corrected chi connectivity index (χ1v) is 16.0. The van der Waals surface area contributed by atoms with Crippen LogP contribution in [0.3, 0.4) is 0 Å². The number of ether oxygens (including phenoxy) is 1. The van der Waals surface area contributed by atoms with E-state index in [2.05, 4.69) is 22.2 Å². The SMILES string of the molecule is CC1(COc2c(N3CCN(S(=O)(=O)Cc4cccc(-c5ccc(N)nn5)c4)CC3)cnn(-c3cccc(Cl)c3)c2=O)CC1. The number of hydrogen-bond acceptors (Lipinski definition) is 9. The number of hydrogen-bond donors (Lipinski definition) is 1. The van der Waals surface area contributed by atoms with Crippen LogP contribution in [0, 0.1) is 5.41 Å². The van der Waals surface area contributed by atoms with Crippen LogP contribution in [-0.2, 0) is 15.8 Å². The number of nitrogens with zero attached hydrogens (tertiary/aromatic N) is 6. The molecule has 0 amide bonds. The minimum atomic E-state index is -3.61. The van der Waals surface area contributed by atoms with E-state index in [-0.39, 0.29) is 35.6 Å². The lowest BCUT2D eigenvalue weighted by atomic mass is 10.1. The Bertz CT molecular complexity index is 1800. The average Bonchev–Trinajstić information content (AvgIpc) is 3.73. The quantitative estimate of drug-likeness (QED) is 0.296. The molecule has 0 bridgehead atoms. The molecule has 224 valence electrons. The van der Waals surface area contributed by atoms with E-state index in [1.54, 1.807) is 60.8 Å². The molecule has 13 heteroatoms. The predicted octanol–water partition coefficient (Wildman–Crippen LogP) is 3.76. The second-order valence-corrected chi connectivity index (χ2v) is 13.7. The summed E-state index contributed by atoms with van der Waals surface area (Å²) >= 11 is 6.17. The normalized spacial score (nSPS) is 16.7. The third-order valence-corrected chi connectivity index (χ3v) is 9.95. The van der Waals surface area contributed by atoms with Gasteiger partial charge in [-0.15, -0.1) is 10.2 Å². The van der Waals surface area contributed by atoms with Crippen molar-refractivity contribution in [3.05, 3.63) is 87.8 Å². The van der Waals surface area contributed by atoms with Crippen molar-refractivity contribution in [1.82, 2.24) is 24.3 Å². The molecule has 1 aliphatic heterocycles. The van der Waals surface area contributed by atoms with Gasteiger partial charge in [0, 0.05) is 42.2 Å². The molecule has 1 aliphatic carbocycles. The summed E-state index contributed by atoms with van der Waals surface area (Å²) in [5.41, 5.74) is 8.43. The zero-order valence-corrected chi connectivity index (χ0v) is 25.3. The highest BCUT2D eigenvalue weighted by Crippen LogP contribution is 2.45. The van der Waals surface area contributed by atoms with Gasteiger partial charge < -0.3 is 15.4 Å². The second-order valence-electron chi connectivity index (χ2n) is 11.3. The smallest absolute Gasteiger partial charge is 0.316 e. The van der Waals surface area contributed by atoms with Gasteiger partial charge in [-0.05, 0) is 54.8 Å². The maximum Gasteiger partial charge on any atom is 0.316 e. The van der Waals surface area contributed by atoms with Gasteiger partial charge in [-0.25, -0.2) is 8.42 Å². The van der Waals surface area contributed by atoms with Gasteiger partial charge in [0.1, 0.15) is 11.5 Å². The number of sulfonamides is 1. The monoisotopic (exact) mass is 621 g/mol. The van der Waals surface area contributed by atoms with Crippen molar-refractivity contribution in [2.24, 2.45) is 5.41 Å². The number of piperazine rings is 1. The summed E-state index contributed by atoms with van der Waals surface area (Å²) < 4.78 is 35.8. The third-order valence-electron chi connectivity index (χ3n) is 7.87. The second kappa shape index (κ2) is 11.6. The van der Waals surface area contributed by atoms with Gasteiger partial charge in [-0.2, -0.15) is 14.1 Å². The van der Waals surface area contributed by atoms with Crippen LogP contribution in [-0.4, -0.2) is 65.5 Å². The lowest BCUT2D eigenvalue weighted by Crippen LogP contribution is -2.49. The van der Waals surface area contributed by atoms with Crippen LogP contribution in [0.25, 0.3) is 16.9 Å². The zero-order chi connectivity index (χ0) is 30.2. The van der Waals surface area contributed by atoms with Gasteiger partial charge in [0.25, 0.3) is 0 Å². The van der Waals surface area contributed by atoms with E-state index in [0.717, 1.165) is 18.4 Å². The first-order chi connectivity index (χ1) is 20.6. The summed E-state index contributed by atoms with van der Waals surface area (Å²) in [5, 5.41) is 12.9. The predicted molar refractivity (Wildman–Crippen MR) is 166 cm³/mol. The highest BCUT2D eigenvalue weighted by atomic mass is 35.5. The number of halogens is 1. The fraction of sp³-hybridized carbons (Fsp3) is 0.333. The molecule has 2 aromatic carbocycles. The number of rotatable bonds is 9. The number of benzene rings is 2. The van der Waals surface area contributed by atoms with E-state index in [4.69, 9.17) is 22.1 Å². The van der Waals surface area contributed by atoms with Crippen molar-refractivity contribution >= 4 is 33.1 Å². The molecule has 11 nitrogen and oxygen atoms in total. The molecule has 0 atom stereocenters. The number of nitrogens with two attached hydrogens (primary N) is 1. The molecule has 2 aromatic heterocycles. The summed E-state index contributed by atoms with van der Waals surface area (Å²) in [7, 11) is -3.61. The Morgan fingerprint density at radius 2 is 1.77 bits per heavy atom. The van der Waals surface area contributed by atoms with Gasteiger partial charge in [-0.1, -0.05) is 42.8 Å². The molecule has 1 saturated carbocycles. The van der Waals surface area contributed by atoms with E-state index in [9.17, 15) is 13.2 Å². The van der Waals surface area contributed by atoms with Crippen LogP contribution in [0.5, 0.6) is 5.75 Å². The first-order valence-electron chi connectivity index (χ1n) is 14.0. The maximum absolute atomic E-state index is 13.6. The molecule has 4 aromatic rings. The molecule has 1 saturated heterocycles. The van der Waals surface area contributed by atoms with E-state index in [1.807, 2.05) is 11.0 Å². The summed E-state index contributed by atoms with van der Waals surface area (Å²) in [6, 6.07) is 17.6. The molecule has 0 radical (unpaired) electrons. The Labute approximate surface area is 254 Å². The number of aromatic nitrogens is 4. The Morgan fingerprint density at radius 1 is 1.00 bits per heavy atom. The minimum Gasteiger partial charge on any atom is -0.486 e. The van der Waals surface area contributed by atoms with Gasteiger partial charge in [0.05, 0.1) is 29.9 Å². The lowest BCUT2D eigenvalue weighted by Gasteiger charge is -2.35. The Hall–Kier alpha value is -4.00. The van der Waals surface area contributed by atoms with Crippen molar-refractivity contribution in [1.29, 1.82) is 0 Å². The molecule has 43 heavy (non-hydrogen) atoms. The Balaban J connectivity index is 1.19. The van der Waals surface area contributed by atoms with Crippen LogP contribution in [0.1, 0.15) is 25.3 Å². The maximum atomic E-state index is 13.6. The molecule has 2 aliphatic rings. The van der Waals surface area contributed by atoms with E-state index in [0.29, 0.717) is 53.2 Å². The highest BCUT2D eigenvalue weighted by molar-refractivity contribution is 7.88. The molecular weight excluding hydrogens is 590 g/mol. The van der Waals surface area contributed by atoms with Gasteiger partial charge in [-0.3, -0.25) is 4.79 Å². The largest absolute Gasteiger partial charge is 0.486 e. The van der Waals surface area contributed by atoms with Gasteiger partial charge >= 0.3 is 5.56 Å². The zero-order valence-electron chi connectivity index (χ0n) is 23.7. The molecular formula is C30H32ClN7O4S. The van der Waals surface area contributed by atoms with Gasteiger partial charge in [0.2, 0.25) is 15.8 Å². The molecule has 0 spiro atoms. The molecule has 3 heterocycles. The van der Waals surface area contributed by atoms with Crippen LogP contribution < -0.4 is 20.9 Å². The number of anilines is 2. The fourth-order valence-electron chi connectivity index (χ4n) is 5.01. The van der Waals surface area contributed by atoms with Crippen molar-refractivity contribution < 1.29 is 13.2 Å². The van der Waals surface area contributed by atoms with Crippen molar-refractivity contribution in [3.8, 4) is 22.7 Å². The minimum absolute atomic E-state index is 0.0540. The van der Waals surface area contributed by atoms with Crippen LogP contribution in [0.2, 0.25) is 5.02 Å². The fourth-order valence-corrected chi connectivity index (χ4v) is 6.70. The van der Waals surface area contributed by atoms with Crippen molar-refractivity contribution in [2.45, 2.75) is 25.5 Å². The Kier molecular flexibility index (Phi) is 7.84. The highest BCUT2D eigenvalue weighted by Gasteiger charge is 2.39. The third kappa shape index (κ3) is 6.51. The van der Waals surface area contributed by atoms with E-state index in [1.165, 1.54) is 8.99 Å². The lowest BCUT2D eigenvalue weighted by molar-refractivity contribution is 0.242. The molecule has 2 fully saturated rings. The van der Waals surface area contributed by atoms with E-state index >= 15 is 0 Å². The van der Waals surface area contributed by atoms with Crippen molar-refractivity contribution in [2.75, 3.05) is 43.4 Å². The standard InChI is InChI=1S/C30H32ClN7O4S/c1-30(10-11-30)20-42-28-26(18-33-38(29(28)39)24-7-3-6-23(31)17-24)36-12-14-37(15-13-36)43(40,41)19-21-4-2-5-22(16-21)25-8-9-27(32)35-34-25/h2-9,16-18H,10-15,19-20H2,1H3,(H2,32,35). The van der Waals surface area contributed by atoms with E-state index < -0.39 is 10.0 Å². The van der Waals surface area contributed by atoms with Crippen LogP contribution in [0.4, 0.5) is 11.5 Å². The van der Waals surface area contributed by atoms with Crippen molar-refractivity contribution in [3.63, 3.8) is 0 Å².